The van der Waals surface area contributed by atoms with Gasteiger partial charge in [-0.1, -0.05) is 18.2 Å². The summed E-state index contributed by atoms with van der Waals surface area (Å²) in [6.45, 7) is 0.560. The van der Waals surface area contributed by atoms with Crippen LogP contribution in [0.15, 0.2) is 48.5 Å². The van der Waals surface area contributed by atoms with E-state index in [-0.39, 0.29) is 5.91 Å². The molecule has 130 valence electrons. The fraction of sp³-hybridized carbons (Fsp3) is 0.250. The van der Waals surface area contributed by atoms with Crippen LogP contribution in [0.4, 0.5) is 0 Å². The van der Waals surface area contributed by atoms with Gasteiger partial charge in [-0.15, -0.1) is 0 Å². The summed E-state index contributed by atoms with van der Waals surface area (Å²) in [5, 5.41) is 3.92. The molecule has 0 saturated carbocycles. The lowest BCUT2D eigenvalue weighted by molar-refractivity contribution is 0.0946. The molecule has 0 aliphatic heterocycles. The first-order valence-corrected chi connectivity index (χ1v) is 8.17. The standard InChI is InChI=1S/C20H22N2O3/c1-22-17-8-5-9-19(25-3)16(17)13-18(22)20(23)21-11-10-14-6-4-7-15(12-14)24-2/h4-9,12-13H,10-11H2,1-3H3,(H,21,23). The van der Waals surface area contributed by atoms with Crippen LogP contribution in [0, 0.1) is 0 Å². The summed E-state index contributed by atoms with van der Waals surface area (Å²) in [5.74, 6) is 1.50. The predicted molar refractivity (Wildman–Crippen MR) is 98.5 cm³/mol. The van der Waals surface area contributed by atoms with E-state index in [1.165, 1.54) is 0 Å². The number of fused-ring (bicyclic) bond motifs is 1. The Kier molecular flexibility index (Phi) is 4.93. The number of carbonyl (C=O) groups is 1. The Morgan fingerprint density at radius 3 is 2.64 bits per heavy atom. The van der Waals surface area contributed by atoms with Crippen molar-refractivity contribution in [1.82, 2.24) is 9.88 Å². The van der Waals surface area contributed by atoms with E-state index in [0.29, 0.717) is 12.2 Å². The lowest BCUT2D eigenvalue weighted by atomic mass is 10.1. The van der Waals surface area contributed by atoms with E-state index in [0.717, 1.165) is 34.4 Å². The van der Waals surface area contributed by atoms with Gasteiger partial charge >= 0.3 is 0 Å². The quantitative estimate of drug-likeness (QED) is 0.751. The minimum Gasteiger partial charge on any atom is -0.497 e. The fourth-order valence-electron chi connectivity index (χ4n) is 2.97. The molecule has 0 unspecified atom stereocenters. The Balaban J connectivity index is 1.71. The van der Waals surface area contributed by atoms with Crippen molar-refractivity contribution in [3.63, 3.8) is 0 Å². The number of carbonyl (C=O) groups excluding carboxylic acids is 1. The number of ether oxygens (including phenoxy) is 2. The molecule has 0 spiro atoms. The number of aryl methyl sites for hydroxylation is 1. The molecule has 1 N–H and O–H groups in total. The van der Waals surface area contributed by atoms with E-state index < -0.39 is 0 Å². The molecule has 0 radical (unpaired) electrons. The second-order valence-corrected chi connectivity index (χ2v) is 5.84. The summed E-state index contributed by atoms with van der Waals surface area (Å²) in [4.78, 5) is 12.6. The van der Waals surface area contributed by atoms with Gasteiger partial charge in [-0.05, 0) is 42.3 Å². The van der Waals surface area contributed by atoms with Gasteiger partial charge in [-0.2, -0.15) is 0 Å². The Labute approximate surface area is 147 Å². The summed E-state index contributed by atoms with van der Waals surface area (Å²) in [5.41, 5.74) is 2.71. The van der Waals surface area contributed by atoms with Gasteiger partial charge in [0.2, 0.25) is 0 Å². The molecule has 1 heterocycles. The van der Waals surface area contributed by atoms with Gasteiger partial charge in [0.25, 0.3) is 5.91 Å². The number of nitrogens with zero attached hydrogens (tertiary/aromatic N) is 1. The number of rotatable bonds is 6. The number of hydrogen-bond donors (Lipinski definition) is 1. The minimum absolute atomic E-state index is 0.0938. The van der Waals surface area contributed by atoms with Gasteiger partial charge in [-0.25, -0.2) is 0 Å². The summed E-state index contributed by atoms with van der Waals surface area (Å²) < 4.78 is 12.5. The maximum absolute atomic E-state index is 12.6. The molecule has 1 amide bonds. The molecule has 3 aromatic rings. The van der Waals surface area contributed by atoms with Gasteiger partial charge in [0.05, 0.1) is 19.7 Å². The van der Waals surface area contributed by atoms with Crippen LogP contribution < -0.4 is 14.8 Å². The molecular formula is C20H22N2O3. The van der Waals surface area contributed by atoms with Crippen molar-refractivity contribution in [2.24, 2.45) is 7.05 Å². The molecule has 2 aromatic carbocycles. The molecule has 0 aliphatic rings. The van der Waals surface area contributed by atoms with Crippen molar-refractivity contribution in [2.75, 3.05) is 20.8 Å². The van der Waals surface area contributed by atoms with Crippen LogP contribution >= 0.6 is 0 Å². The molecule has 3 rings (SSSR count). The van der Waals surface area contributed by atoms with Crippen LogP contribution in [0.3, 0.4) is 0 Å². The van der Waals surface area contributed by atoms with Crippen molar-refractivity contribution in [1.29, 1.82) is 0 Å². The molecule has 0 atom stereocenters. The van der Waals surface area contributed by atoms with Crippen LogP contribution in [-0.4, -0.2) is 31.2 Å². The Morgan fingerprint density at radius 1 is 1.08 bits per heavy atom. The SMILES string of the molecule is COc1cccc(CCNC(=O)c2cc3c(OC)cccc3n2C)c1. The fourth-order valence-corrected chi connectivity index (χ4v) is 2.97. The second-order valence-electron chi connectivity index (χ2n) is 5.84. The lowest BCUT2D eigenvalue weighted by Gasteiger charge is -2.08. The lowest BCUT2D eigenvalue weighted by Crippen LogP contribution is -2.27. The molecule has 1 aromatic heterocycles. The molecule has 5 nitrogen and oxygen atoms in total. The second kappa shape index (κ2) is 7.30. The summed E-state index contributed by atoms with van der Waals surface area (Å²) in [6.07, 6.45) is 0.746. The molecule has 0 fully saturated rings. The topological polar surface area (TPSA) is 52.5 Å². The molecule has 0 bridgehead atoms. The molecule has 0 saturated heterocycles. The van der Waals surface area contributed by atoms with Gasteiger partial charge in [0.1, 0.15) is 17.2 Å². The number of hydrogen-bond acceptors (Lipinski definition) is 3. The summed E-state index contributed by atoms with van der Waals surface area (Å²) in [7, 11) is 5.17. The highest BCUT2D eigenvalue weighted by atomic mass is 16.5. The molecule has 5 heteroatoms. The number of aromatic nitrogens is 1. The zero-order valence-electron chi connectivity index (χ0n) is 14.7. The van der Waals surface area contributed by atoms with Crippen molar-refractivity contribution in [2.45, 2.75) is 6.42 Å². The van der Waals surface area contributed by atoms with Gasteiger partial charge in [-0.3, -0.25) is 4.79 Å². The maximum atomic E-state index is 12.6. The number of nitrogens with one attached hydrogen (secondary N) is 1. The number of amides is 1. The summed E-state index contributed by atoms with van der Waals surface area (Å²) in [6, 6.07) is 15.5. The Hall–Kier alpha value is -2.95. The Bertz CT molecular complexity index is 899. The molecular weight excluding hydrogens is 316 g/mol. The Morgan fingerprint density at radius 2 is 1.88 bits per heavy atom. The van der Waals surface area contributed by atoms with E-state index >= 15 is 0 Å². The maximum Gasteiger partial charge on any atom is 0.267 e. The molecule has 25 heavy (non-hydrogen) atoms. The normalized spacial score (nSPS) is 10.7. The van der Waals surface area contributed by atoms with Crippen LogP contribution in [-0.2, 0) is 13.5 Å². The highest BCUT2D eigenvalue weighted by molar-refractivity contribution is 6.00. The van der Waals surface area contributed by atoms with Crippen molar-refractivity contribution >= 4 is 16.8 Å². The smallest absolute Gasteiger partial charge is 0.267 e. The van der Waals surface area contributed by atoms with Gasteiger partial charge in [0, 0.05) is 19.0 Å². The van der Waals surface area contributed by atoms with E-state index in [2.05, 4.69) is 5.32 Å². The van der Waals surface area contributed by atoms with Crippen molar-refractivity contribution < 1.29 is 14.3 Å². The largest absolute Gasteiger partial charge is 0.497 e. The third-order valence-corrected chi connectivity index (χ3v) is 4.33. The average Bonchev–Trinajstić information content (AvgIpc) is 2.99. The zero-order valence-corrected chi connectivity index (χ0v) is 14.7. The first-order chi connectivity index (χ1) is 12.1. The monoisotopic (exact) mass is 338 g/mol. The van der Waals surface area contributed by atoms with Crippen LogP contribution in [0.5, 0.6) is 11.5 Å². The number of benzene rings is 2. The third kappa shape index (κ3) is 3.45. The third-order valence-electron chi connectivity index (χ3n) is 4.33. The average molecular weight is 338 g/mol. The van der Waals surface area contributed by atoms with Crippen LogP contribution in [0.1, 0.15) is 16.1 Å². The van der Waals surface area contributed by atoms with Crippen LogP contribution in [0.2, 0.25) is 0 Å². The van der Waals surface area contributed by atoms with Crippen molar-refractivity contribution in [3.05, 3.63) is 59.8 Å². The van der Waals surface area contributed by atoms with Gasteiger partial charge < -0.3 is 19.4 Å². The highest BCUT2D eigenvalue weighted by Gasteiger charge is 2.15. The zero-order chi connectivity index (χ0) is 17.8. The van der Waals surface area contributed by atoms with Crippen molar-refractivity contribution in [3.8, 4) is 11.5 Å². The minimum atomic E-state index is -0.0938. The van der Waals surface area contributed by atoms with Crippen LogP contribution in [0.25, 0.3) is 10.9 Å². The first kappa shape index (κ1) is 16.9. The van der Waals surface area contributed by atoms with E-state index in [1.54, 1.807) is 14.2 Å². The summed E-state index contributed by atoms with van der Waals surface area (Å²) >= 11 is 0. The highest BCUT2D eigenvalue weighted by Crippen LogP contribution is 2.28. The van der Waals surface area contributed by atoms with E-state index in [1.807, 2.05) is 60.1 Å². The first-order valence-electron chi connectivity index (χ1n) is 8.17. The van der Waals surface area contributed by atoms with E-state index in [4.69, 9.17) is 9.47 Å². The number of methoxy groups -OCH3 is 2. The predicted octanol–water partition coefficient (Wildman–Crippen LogP) is 3.17. The molecule has 0 aliphatic carbocycles. The van der Waals surface area contributed by atoms with Gasteiger partial charge in [0.15, 0.2) is 0 Å². The van der Waals surface area contributed by atoms with E-state index in [9.17, 15) is 4.79 Å².